The van der Waals surface area contributed by atoms with E-state index < -0.39 is 4.92 Å². The van der Waals surface area contributed by atoms with Crippen LogP contribution in [0.2, 0.25) is 0 Å². The van der Waals surface area contributed by atoms with Crippen LogP contribution in [0.5, 0.6) is 5.75 Å². The van der Waals surface area contributed by atoms with Crippen LogP contribution in [0.4, 0.5) is 11.4 Å². The number of hydrogen-bond acceptors (Lipinski definition) is 5. The predicted molar refractivity (Wildman–Crippen MR) is 75.9 cm³/mol. The lowest BCUT2D eigenvalue weighted by Gasteiger charge is -2.08. The van der Waals surface area contributed by atoms with E-state index in [1.807, 2.05) is 25.1 Å². The van der Waals surface area contributed by atoms with E-state index in [9.17, 15) is 10.1 Å². The Bertz CT molecular complexity index is 629. The number of anilines is 1. The number of hydrogen-bond donors (Lipinski definition) is 1. The average molecular weight is 273 g/mol. The van der Waals surface area contributed by atoms with Crippen LogP contribution in [0, 0.1) is 17.0 Å². The Morgan fingerprint density at radius 1 is 1.35 bits per heavy atom. The number of nitro groups is 1. The third-order valence-corrected chi connectivity index (χ3v) is 2.76. The highest BCUT2D eigenvalue weighted by Crippen LogP contribution is 2.26. The average Bonchev–Trinajstić information content (AvgIpc) is 2.45. The zero-order chi connectivity index (χ0) is 14.5. The molecule has 0 fully saturated rings. The monoisotopic (exact) mass is 273 g/mol. The molecule has 104 valence electrons. The van der Waals surface area contributed by atoms with Crippen LogP contribution in [0.3, 0.4) is 0 Å². The van der Waals surface area contributed by atoms with Crippen LogP contribution in [0.15, 0.2) is 36.4 Å². The molecule has 0 spiro atoms. The van der Waals surface area contributed by atoms with Gasteiger partial charge >= 0.3 is 0 Å². The first-order valence-electron chi connectivity index (χ1n) is 6.08. The van der Waals surface area contributed by atoms with Gasteiger partial charge in [0.2, 0.25) is 0 Å². The highest BCUT2D eigenvalue weighted by atomic mass is 16.6. The van der Waals surface area contributed by atoms with Crippen molar-refractivity contribution in [3.05, 3.63) is 57.9 Å². The van der Waals surface area contributed by atoms with Gasteiger partial charge in [0, 0.05) is 23.5 Å². The van der Waals surface area contributed by atoms with Crippen molar-refractivity contribution >= 4 is 11.4 Å². The molecule has 1 N–H and O–H groups in total. The first kappa shape index (κ1) is 13.8. The van der Waals surface area contributed by atoms with Gasteiger partial charge in [0.25, 0.3) is 5.69 Å². The van der Waals surface area contributed by atoms with Gasteiger partial charge in [-0.25, -0.2) is 0 Å². The zero-order valence-electron chi connectivity index (χ0n) is 11.3. The summed E-state index contributed by atoms with van der Waals surface area (Å²) < 4.78 is 5.06. The Balaban J connectivity index is 2.16. The van der Waals surface area contributed by atoms with Crippen LogP contribution in [0.1, 0.15) is 11.4 Å². The lowest BCUT2D eigenvalue weighted by Crippen LogP contribution is -2.03. The molecule has 0 aliphatic rings. The second-order valence-electron chi connectivity index (χ2n) is 4.30. The minimum absolute atomic E-state index is 0.0101. The minimum atomic E-state index is -0.446. The molecule has 1 aromatic carbocycles. The molecular weight excluding hydrogens is 258 g/mol. The van der Waals surface area contributed by atoms with Gasteiger partial charge in [0.05, 0.1) is 30.3 Å². The number of non-ortho nitro benzene ring substituents is 1. The van der Waals surface area contributed by atoms with Crippen LogP contribution < -0.4 is 10.1 Å². The molecule has 2 aromatic rings. The van der Waals surface area contributed by atoms with Crippen molar-refractivity contribution in [2.75, 3.05) is 12.4 Å². The SMILES string of the molecule is COc1cc(NCc2cccc(C)n2)cc([N+](=O)[O-])c1. The Kier molecular flexibility index (Phi) is 4.14. The van der Waals surface area contributed by atoms with E-state index in [0.717, 1.165) is 11.4 Å². The van der Waals surface area contributed by atoms with Crippen molar-refractivity contribution < 1.29 is 9.66 Å². The Morgan fingerprint density at radius 2 is 2.15 bits per heavy atom. The summed E-state index contributed by atoms with van der Waals surface area (Å²) in [5.74, 6) is 0.443. The van der Waals surface area contributed by atoms with E-state index >= 15 is 0 Å². The predicted octanol–water partition coefficient (Wildman–Crippen LogP) is 2.92. The molecule has 0 bridgehead atoms. The fourth-order valence-electron chi connectivity index (χ4n) is 1.80. The molecule has 0 unspecified atom stereocenters. The second kappa shape index (κ2) is 6.01. The summed E-state index contributed by atoms with van der Waals surface area (Å²) in [6.45, 7) is 2.41. The van der Waals surface area contributed by atoms with Crippen molar-refractivity contribution in [2.45, 2.75) is 13.5 Å². The number of pyridine rings is 1. The molecule has 0 aliphatic carbocycles. The Hall–Kier alpha value is -2.63. The molecule has 1 aromatic heterocycles. The molecule has 0 amide bonds. The number of nitro benzene ring substituents is 1. The molecule has 6 nitrogen and oxygen atoms in total. The summed E-state index contributed by atoms with van der Waals surface area (Å²) >= 11 is 0. The van der Waals surface area contributed by atoms with Gasteiger partial charge in [-0.15, -0.1) is 0 Å². The van der Waals surface area contributed by atoms with Crippen LogP contribution in [0.25, 0.3) is 0 Å². The maximum atomic E-state index is 10.9. The van der Waals surface area contributed by atoms with Gasteiger partial charge in [-0.3, -0.25) is 15.1 Å². The normalized spacial score (nSPS) is 10.1. The molecule has 0 radical (unpaired) electrons. The third kappa shape index (κ3) is 3.44. The topological polar surface area (TPSA) is 77.3 Å². The smallest absolute Gasteiger partial charge is 0.275 e. The molecule has 0 saturated heterocycles. The lowest BCUT2D eigenvalue weighted by atomic mass is 10.2. The fourth-order valence-corrected chi connectivity index (χ4v) is 1.80. The molecule has 6 heteroatoms. The second-order valence-corrected chi connectivity index (χ2v) is 4.30. The molecule has 0 saturated carbocycles. The standard InChI is InChI=1S/C14H15N3O3/c1-10-4-3-5-11(16-10)9-15-12-6-13(17(18)19)8-14(7-12)20-2/h3-8,15H,9H2,1-2H3. The van der Waals surface area contributed by atoms with E-state index in [1.54, 1.807) is 6.07 Å². The maximum Gasteiger partial charge on any atom is 0.275 e. The molecule has 0 atom stereocenters. The van der Waals surface area contributed by atoms with Crippen molar-refractivity contribution in [3.8, 4) is 5.75 Å². The summed E-state index contributed by atoms with van der Waals surface area (Å²) in [4.78, 5) is 14.8. The summed E-state index contributed by atoms with van der Waals surface area (Å²) in [6, 6.07) is 10.3. The van der Waals surface area contributed by atoms with E-state index in [1.165, 1.54) is 19.2 Å². The number of methoxy groups -OCH3 is 1. The van der Waals surface area contributed by atoms with Crippen LogP contribution in [-0.4, -0.2) is 17.0 Å². The molecule has 1 heterocycles. The molecular formula is C14H15N3O3. The number of aromatic nitrogens is 1. The molecule has 2 rings (SSSR count). The summed E-state index contributed by atoms with van der Waals surface area (Å²) in [7, 11) is 1.48. The number of ether oxygens (including phenoxy) is 1. The van der Waals surface area contributed by atoms with Gasteiger partial charge < -0.3 is 10.1 Å². The summed E-state index contributed by atoms with van der Waals surface area (Å²) in [5.41, 5.74) is 2.42. The number of nitrogens with zero attached hydrogens (tertiary/aromatic N) is 2. The van der Waals surface area contributed by atoms with E-state index in [0.29, 0.717) is 18.0 Å². The minimum Gasteiger partial charge on any atom is -0.496 e. The number of rotatable bonds is 5. The molecule has 20 heavy (non-hydrogen) atoms. The van der Waals surface area contributed by atoms with Gasteiger partial charge in [0.15, 0.2) is 0 Å². The van der Waals surface area contributed by atoms with Crippen molar-refractivity contribution in [1.29, 1.82) is 0 Å². The number of aryl methyl sites for hydroxylation is 1. The van der Waals surface area contributed by atoms with Gasteiger partial charge in [-0.1, -0.05) is 6.07 Å². The maximum absolute atomic E-state index is 10.9. The Morgan fingerprint density at radius 3 is 2.80 bits per heavy atom. The van der Waals surface area contributed by atoms with Gasteiger partial charge in [-0.2, -0.15) is 0 Å². The van der Waals surface area contributed by atoms with E-state index in [4.69, 9.17) is 4.74 Å². The van der Waals surface area contributed by atoms with Crippen molar-refractivity contribution in [1.82, 2.24) is 4.98 Å². The number of benzene rings is 1. The quantitative estimate of drug-likeness (QED) is 0.669. The van der Waals surface area contributed by atoms with E-state index in [-0.39, 0.29) is 5.69 Å². The first-order valence-corrected chi connectivity index (χ1v) is 6.08. The summed E-state index contributed by atoms with van der Waals surface area (Å²) in [6.07, 6.45) is 0. The lowest BCUT2D eigenvalue weighted by molar-refractivity contribution is -0.384. The zero-order valence-corrected chi connectivity index (χ0v) is 11.3. The van der Waals surface area contributed by atoms with Gasteiger partial charge in [-0.05, 0) is 19.1 Å². The van der Waals surface area contributed by atoms with Gasteiger partial charge in [0.1, 0.15) is 5.75 Å². The first-order chi connectivity index (χ1) is 9.58. The third-order valence-electron chi connectivity index (χ3n) is 2.76. The number of nitrogens with one attached hydrogen (secondary N) is 1. The largest absolute Gasteiger partial charge is 0.496 e. The fraction of sp³-hybridized carbons (Fsp3) is 0.214. The highest BCUT2D eigenvalue weighted by molar-refractivity contribution is 5.56. The van der Waals surface area contributed by atoms with E-state index in [2.05, 4.69) is 10.3 Å². The Labute approximate surface area is 116 Å². The van der Waals surface area contributed by atoms with Crippen LogP contribution in [-0.2, 0) is 6.54 Å². The summed E-state index contributed by atoms with van der Waals surface area (Å²) in [5, 5.41) is 14.0. The van der Waals surface area contributed by atoms with Crippen molar-refractivity contribution in [3.63, 3.8) is 0 Å². The molecule has 0 aliphatic heterocycles. The highest BCUT2D eigenvalue weighted by Gasteiger charge is 2.10. The van der Waals surface area contributed by atoms with Crippen LogP contribution >= 0.6 is 0 Å². The van der Waals surface area contributed by atoms with Crippen molar-refractivity contribution in [2.24, 2.45) is 0 Å².